The molecule has 0 radical (unpaired) electrons. The third-order valence-corrected chi connectivity index (χ3v) is 5.24. The molecule has 0 fully saturated rings. The molecule has 2 aromatic carbocycles. The Morgan fingerprint density at radius 3 is 2.69 bits per heavy atom. The lowest BCUT2D eigenvalue weighted by Gasteiger charge is -2.14. The number of aryl methyl sites for hydroxylation is 2. The minimum Gasteiger partial charge on any atom is -0.410 e. The van der Waals surface area contributed by atoms with Crippen molar-refractivity contribution in [2.75, 3.05) is 7.11 Å². The van der Waals surface area contributed by atoms with E-state index in [0.717, 1.165) is 11.3 Å². The maximum Gasteiger partial charge on any atom is 0.412 e. The fraction of sp³-hybridized carbons (Fsp3) is 0.250. The van der Waals surface area contributed by atoms with Crippen LogP contribution in [0.3, 0.4) is 0 Å². The van der Waals surface area contributed by atoms with E-state index in [1.165, 1.54) is 10.7 Å². The van der Waals surface area contributed by atoms with E-state index < -0.39 is 18.0 Å². The largest absolute Gasteiger partial charge is 0.412 e. The van der Waals surface area contributed by atoms with Crippen molar-refractivity contribution in [2.45, 2.75) is 33.4 Å². The van der Waals surface area contributed by atoms with Gasteiger partial charge in [0.1, 0.15) is 17.7 Å². The lowest BCUT2D eigenvalue weighted by Crippen LogP contribution is -2.26. The quantitative estimate of drug-likeness (QED) is 0.426. The Morgan fingerprint density at radius 2 is 1.97 bits per heavy atom. The van der Waals surface area contributed by atoms with Gasteiger partial charge in [-0.25, -0.2) is 9.18 Å². The lowest BCUT2D eigenvalue weighted by atomic mass is 10.0. The van der Waals surface area contributed by atoms with Crippen LogP contribution in [-0.4, -0.2) is 43.4 Å². The molecule has 0 bridgehead atoms. The second kappa shape index (κ2) is 10.3. The minimum absolute atomic E-state index is 0.133. The average molecular weight is 478 g/mol. The molecule has 1 unspecified atom stereocenters. The highest BCUT2D eigenvalue weighted by atomic mass is 19.1. The summed E-state index contributed by atoms with van der Waals surface area (Å²) in [4.78, 5) is 20.9. The van der Waals surface area contributed by atoms with E-state index in [0.29, 0.717) is 28.3 Å². The molecular formula is C24H24FN7O3. The van der Waals surface area contributed by atoms with E-state index in [4.69, 9.17) is 9.47 Å². The van der Waals surface area contributed by atoms with Crippen LogP contribution < -0.4 is 10.1 Å². The molecule has 1 N–H and O–H groups in total. The van der Waals surface area contributed by atoms with Gasteiger partial charge in [-0.2, -0.15) is 4.68 Å². The van der Waals surface area contributed by atoms with Crippen LogP contribution in [0.15, 0.2) is 48.8 Å². The molecule has 0 saturated heterocycles. The van der Waals surface area contributed by atoms with Gasteiger partial charge in [-0.3, -0.25) is 9.97 Å². The molecule has 10 nitrogen and oxygen atoms in total. The summed E-state index contributed by atoms with van der Waals surface area (Å²) in [5.41, 5.74) is 3.43. The van der Waals surface area contributed by atoms with Gasteiger partial charge in [0.15, 0.2) is 5.82 Å². The first-order valence-electron chi connectivity index (χ1n) is 10.8. The van der Waals surface area contributed by atoms with Crippen LogP contribution in [0.25, 0.3) is 16.8 Å². The van der Waals surface area contributed by atoms with E-state index in [2.05, 4.69) is 30.8 Å². The number of hydrogen-bond acceptors (Lipinski definition) is 8. The van der Waals surface area contributed by atoms with Crippen molar-refractivity contribution in [3.63, 3.8) is 0 Å². The molecule has 0 saturated carbocycles. The van der Waals surface area contributed by atoms with Gasteiger partial charge >= 0.3 is 6.09 Å². The number of carbonyl (C=O) groups excluding carboxylic acids is 1. The van der Waals surface area contributed by atoms with Gasteiger partial charge in [-0.15, -0.1) is 5.10 Å². The summed E-state index contributed by atoms with van der Waals surface area (Å²) >= 11 is 0. The number of aromatic nitrogens is 6. The highest BCUT2D eigenvalue weighted by Gasteiger charge is 2.18. The summed E-state index contributed by atoms with van der Waals surface area (Å²) in [5.74, 6) is 0.205. The normalized spacial score (nSPS) is 11.8. The topological polar surface area (TPSA) is 117 Å². The fourth-order valence-electron chi connectivity index (χ4n) is 3.33. The van der Waals surface area contributed by atoms with Gasteiger partial charge in [-0.1, -0.05) is 12.1 Å². The van der Waals surface area contributed by atoms with Crippen LogP contribution in [0.1, 0.15) is 35.8 Å². The smallest absolute Gasteiger partial charge is 0.410 e. The Morgan fingerprint density at radius 1 is 1.14 bits per heavy atom. The predicted octanol–water partition coefficient (Wildman–Crippen LogP) is 3.87. The van der Waals surface area contributed by atoms with E-state index in [1.807, 2.05) is 6.92 Å². The van der Waals surface area contributed by atoms with Crippen LogP contribution in [0, 0.1) is 19.7 Å². The van der Waals surface area contributed by atoms with Crippen LogP contribution in [0.2, 0.25) is 0 Å². The van der Waals surface area contributed by atoms with Crippen LogP contribution >= 0.6 is 0 Å². The molecule has 4 aromatic rings. The summed E-state index contributed by atoms with van der Waals surface area (Å²) in [7, 11) is 1.54. The van der Waals surface area contributed by atoms with Crippen molar-refractivity contribution in [2.24, 2.45) is 0 Å². The third kappa shape index (κ3) is 5.64. The summed E-state index contributed by atoms with van der Waals surface area (Å²) in [6.45, 7) is 5.56. The first kappa shape index (κ1) is 23.9. The Labute approximate surface area is 201 Å². The molecule has 11 heteroatoms. The monoisotopic (exact) mass is 477 g/mol. The molecule has 0 aliphatic rings. The summed E-state index contributed by atoms with van der Waals surface area (Å²) in [6, 6.07) is 9.78. The SMILES string of the molecule is COC(C)c1nnnn1-c1cc(OC(=O)NCc2cnc(C)cn2)cc(-c2ccc(C)cc2F)c1. The van der Waals surface area contributed by atoms with E-state index >= 15 is 0 Å². The molecule has 35 heavy (non-hydrogen) atoms. The van der Waals surface area contributed by atoms with Gasteiger partial charge in [0, 0.05) is 24.9 Å². The average Bonchev–Trinajstić information content (AvgIpc) is 3.33. The second-order valence-corrected chi connectivity index (χ2v) is 7.92. The van der Waals surface area contributed by atoms with E-state index in [9.17, 15) is 9.18 Å². The van der Waals surface area contributed by atoms with Crippen LogP contribution in [0.5, 0.6) is 5.75 Å². The van der Waals surface area contributed by atoms with Crippen molar-refractivity contribution in [1.29, 1.82) is 0 Å². The summed E-state index contributed by atoms with van der Waals surface area (Å²) in [5, 5.41) is 14.4. The zero-order valence-corrected chi connectivity index (χ0v) is 19.7. The molecule has 2 aromatic heterocycles. The van der Waals surface area contributed by atoms with Gasteiger partial charge in [0.05, 0.1) is 29.8 Å². The van der Waals surface area contributed by atoms with Gasteiger partial charge in [0.2, 0.25) is 0 Å². The third-order valence-electron chi connectivity index (χ3n) is 5.24. The summed E-state index contributed by atoms with van der Waals surface area (Å²) < 4.78 is 27.1. The highest BCUT2D eigenvalue weighted by Crippen LogP contribution is 2.31. The Kier molecular flexibility index (Phi) is 7.06. The molecule has 2 heterocycles. The Balaban J connectivity index is 1.66. The number of ether oxygens (including phenoxy) is 2. The van der Waals surface area contributed by atoms with E-state index in [1.54, 1.807) is 63.7 Å². The molecule has 0 aliphatic carbocycles. The summed E-state index contributed by atoms with van der Waals surface area (Å²) in [6.07, 6.45) is 2.07. The van der Waals surface area contributed by atoms with Crippen molar-refractivity contribution in [3.05, 3.63) is 77.4 Å². The number of benzene rings is 2. The number of rotatable bonds is 7. The maximum absolute atomic E-state index is 14.8. The van der Waals surface area contributed by atoms with Gasteiger partial charge in [-0.05, 0) is 60.5 Å². The molecule has 1 amide bonds. The number of nitrogens with zero attached hydrogens (tertiary/aromatic N) is 6. The number of carbonyl (C=O) groups is 1. The molecule has 1 atom stereocenters. The molecule has 180 valence electrons. The molecule has 0 spiro atoms. The van der Waals surface area contributed by atoms with Crippen molar-refractivity contribution < 1.29 is 18.7 Å². The van der Waals surface area contributed by atoms with Crippen molar-refractivity contribution in [3.8, 4) is 22.6 Å². The second-order valence-electron chi connectivity index (χ2n) is 7.92. The fourth-order valence-corrected chi connectivity index (χ4v) is 3.33. The molecule has 4 rings (SSSR count). The number of halogens is 1. The first-order chi connectivity index (χ1) is 16.8. The molecule has 0 aliphatic heterocycles. The lowest BCUT2D eigenvalue weighted by molar-refractivity contribution is 0.110. The number of hydrogen-bond donors (Lipinski definition) is 1. The van der Waals surface area contributed by atoms with Gasteiger partial charge in [0.25, 0.3) is 0 Å². The predicted molar refractivity (Wildman–Crippen MR) is 124 cm³/mol. The van der Waals surface area contributed by atoms with Gasteiger partial charge < -0.3 is 14.8 Å². The number of nitrogens with one attached hydrogen (secondary N) is 1. The highest BCUT2D eigenvalue weighted by molar-refractivity contribution is 5.74. The van der Waals surface area contributed by atoms with Crippen LogP contribution in [0.4, 0.5) is 9.18 Å². The van der Waals surface area contributed by atoms with E-state index in [-0.39, 0.29) is 12.3 Å². The Hall–Kier alpha value is -4.25. The van der Waals surface area contributed by atoms with Crippen molar-refractivity contribution in [1.82, 2.24) is 35.5 Å². The minimum atomic E-state index is -0.706. The number of amides is 1. The number of methoxy groups -OCH3 is 1. The standard InChI is InChI=1S/C24H24FN7O3/c1-14-5-6-21(22(25)7-14)17-8-19(32-23(16(3)34-4)29-30-31-32)10-20(9-17)35-24(33)28-13-18-12-26-15(2)11-27-18/h5-12,16H,13H2,1-4H3,(H,28,33). The number of tetrazole rings is 1. The zero-order valence-electron chi connectivity index (χ0n) is 19.7. The first-order valence-corrected chi connectivity index (χ1v) is 10.8. The van der Waals surface area contributed by atoms with Crippen molar-refractivity contribution >= 4 is 6.09 Å². The molecular weight excluding hydrogens is 453 g/mol. The maximum atomic E-state index is 14.8. The Bertz CT molecular complexity index is 1340. The van der Waals surface area contributed by atoms with Crippen LogP contribution in [-0.2, 0) is 11.3 Å². The zero-order chi connectivity index (χ0) is 24.9.